The maximum absolute atomic E-state index is 13.3. The normalized spacial score (nSPS) is 11.4. The molecule has 31 heavy (non-hydrogen) atoms. The first-order chi connectivity index (χ1) is 14.8. The number of nitrogens with zero attached hydrogens (tertiary/aromatic N) is 1. The summed E-state index contributed by atoms with van der Waals surface area (Å²) in [5.74, 6) is -0.697. The van der Waals surface area contributed by atoms with Gasteiger partial charge in [0.05, 0.1) is 23.4 Å². The van der Waals surface area contributed by atoms with Gasteiger partial charge in [-0.05, 0) is 30.7 Å². The summed E-state index contributed by atoms with van der Waals surface area (Å²) in [4.78, 5) is 26.4. The summed E-state index contributed by atoms with van der Waals surface area (Å²) >= 11 is 0. The third-order valence-electron chi connectivity index (χ3n) is 4.78. The summed E-state index contributed by atoms with van der Waals surface area (Å²) in [7, 11) is -2.87. The molecule has 2 aromatic heterocycles. The number of hydrogen-bond acceptors (Lipinski definition) is 6. The number of aromatic nitrogens is 3. The van der Waals surface area contributed by atoms with Crippen molar-refractivity contribution < 1.29 is 17.9 Å². The number of fused-ring (bicyclic) bond motifs is 1. The molecule has 2 heterocycles. The number of hydrogen-bond donors (Lipinski definition) is 3. The van der Waals surface area contributed by atoms with Crippen molar-refractivity contribution in [3.63, 3.8) is 0 Å². The van der Waals surface area contributed by atoms with Gasteiger partial charge in [0.2, 0.25) is 0 Å². The fourth-order valence-electron chi connectivity index (χ4n) is 3.25. The molecule has 0 spiro atoms. The Hall–Kier alpha value is -3.92. The Bertz CT molecular complexity index is 1450. The van der Waals surface area contributed by atoms with E-state index in [-0.39, 0.29) is 21.8 Å². The van der Waals surface area contributed by atoms with Crippen LogP contribution in [0.5, 0.6) is 0 Å². The minimum Gasteiger partial charge on any atom is -0.464 e. The maximum atomic E-state index is 13.3. The molecule has 10 heteroatoms. The quantitative estimate of drug-likeness (QED) is 0.410. The highest BCUT2D eigenvalue weighted by molar-refractivity contribution is 7.92. The molecule has 0 aliphatic rings. The van der Waals surface area contributed by atoms with Crippen LogP contribution >= 0.6 is 0 Å². The number of anilines is 1. The Morgan fingerprint density at radius 3 is 2.58 bits per heavy atom. The Balaban J connectivity index is 1.82. The van der Waals surface area contributed by atoms with E-state index in [2.05, 4.69) is 19.9 Å². The lowest BCUT2D eigenvalue weighted by atomic mass is 10.1. The van der Waals surface area contributed by atoms with Crippen molar-refractivity contribution >= 4 is 32.6 Å². The Labute approximate surface area is 177 Å². The minimum absolute atomic E-state index is 0.00313. The van der Waals surface area contributed by atoms with Gasteiger partial charge in [0.15, 0.2) is 5.69 Å². The van der Waals surface area contributed by atoms with E-state index in [0.29, 0.717) is 27.7 Å². The fourth-order valence-corrected chi connectivity index (χ4v) is 4.61. The van der Waals surface area contributed by atoms with Gasteiger partial charge in [0, 0.05) is 22.5 Å². The number of esters is 1. The molecular formula is C21H18N4O5S. The molecule has 0 saturated heterocycles. The molecule has 0 atom stereocenters. The lowest BCUT2D eigenvalue weighted by molar-refractivity contribution is 0.0596. The molecule has 0 radical (unpaired) electrons. The third-order valence-corrected chi connectivity index (χ3v) is 6.28. The summed E-state index contributed by atoms with van der Waals surface area (Å²) in [5.41, 5.74) is 1.76. The van der Waals surface area contributed by atoms with Crippen molar-refractivity contribution in [1.82, 2.24) is 15.2 Å². The Morgan fingerprint density at radius 2 is 1.87 bits per heavy atom. The van der Waals surface area contributed by atoms with Gasteiger partial charge < -0.3 is 9.72 Å². The number of para-hydroxylation sites is 1. The smallest absolute Gasteiger partial charge is 0.356 e. The van der Waals surface area contributed by atoms with E-state index in [4.69, 9.17) is 4.74 Å². The standard InChI is InChI=1S/C21H18N4O5S/c1-12-7-8-13(15-9-10-18(26)24-23-15)11-17(12)31(28,29)25-19-14-5-3-4-6-16(14)22-20(19)21(27)30-2/h3-11,22,25H,1-2H3,(H,24,26). The second-order valence-electron chi connectivity index (χ2n) is 6.80. The zero-order valence-corrected chi connectivity index (χ0v) is 17.4. The van der Waals surface area contributed by atoms with E-state index >= 15 is 0 Å². The average molecular weight is 438 g/mol. The summed E-state index contributed by atoms with van der Waals surface area (Å²) in [6, 6.07) is 14.6. The SMILES string of the molecule is COC(=O)c1[nH]c2ccccc2c1NS(=O)(=O)c1cc(-c2ccc(=O)[nH]n2)ccc1C. The Kier molecular flexibility index (Phi) is 5.07. The highest BCUT2D eigenvalue weighted by Crippen LogP contribution is 2.32. The molecule has 2 aromatic carbocycles. The second kappa shape index (κ2) is 7.73. The molecule has 158 valence electrons. The number of carbonyl (C=O) groups is 1. The van der Waals surface area contributed by atoms with Crippen LogP contribution in [0, 0.1) is 6.92 Å². The van der Waals surface area contributed by atoms with E-state index in [0.717, 1.165) is 0 Å². The molecule has 0 unspecified atom stereocenters. The third kappa shape index (κ3) is 3.80. The van der Waals surface area contributed by atoms with Crippen LogP contribution in [0.25, 0.3) is 22.2 Å². The zero-order chi connectivity index (χ0) is 22.2. The van der Waals surface area contributed by atoms with Crippen LogP contribution in [0.15, 0.2) is 64.3 Å². The van der Waals surface area contributed by atoms with Crippen molar-refractivity contribution in [2.75, 3.05) is 11.8 Å². The summed E-state index contributed by atoms with van der Waals surface area (Å²) in [6.07, 6.45) is 0. The molecule has 0 fully saturated rings. The summed E-state index contributed by atoms with van der Waals surface area (Å²) < 4.78 is 33.9. The van der Waals surface area contributed by atoms with E-state index < -0.39 is 16.0 Å². The first-order valence-electron chi connectivity index (χ1n) is 9.19. The first-order valence-corrected chi connectivity index (χ1v) is 10.7. The van der Waals surface area contributed by atoms with Gasteiger partial charge in [0.1, 0.15) is 0 Å². The molecule has 4 rings (SSSR count). The van der Waals surface area contributed by atoms with Crippen LogP contribution in [0.2, 0.25) is 0 Å². The van der Waals surface area contributed by atoms with Gasteiger partial charge in [-0.15, -0.1) is 0 Å². The van der Waals surface area contributed by atoms with Gasteiger partial charge in [-0.2, -0.15) is 5.10 Å². The molecular weight excluding hydrogens is 420 g/mol. The van der Waals surface area contributed by atoms with Crippen LogP contribution in [-0.2, 0) is 14.8 Å². The maximum Gasteiger partial charge on any atom is 0.356 e. The van der Waals surface area contributed by atoms with Crippen LogP contribution < -0.4 is 10.3 Å². The molecule has 0 aliphatic heterocycles. The van der Waals surface area contributed by atoms with Gasteiger partial charge in [-0.25, -0.2) is 18.3 Å². The largest absolute Gasteiger partial charge is 0.464 e. The molecule has 3 N–H and O–H groups in total. The summed E-state index contributed by atoms with van der Waals surface area (Å²) in [6.45, 7) is 1.66. The van der Waals surface area contributed by atoms with Crippen LogP contribution in [0.1, 0.15) is 16.1 Å². The van der Waals surface area contributed by atoms with Crippen molar-refractivity contribution in [1.29, 1.82) is 0 Å². The van der Waals surface area contributed by atoms with Crippen molar-refractivity contribution in [3.8, 4) is 11.3 Å². The molecule has 0 aliphatic carbocycles. The monoisotopic (exact) mass is 438 g/mol. The summed E-state index contributed by atoms with van der Waals surface area (Å²) in [5, 5.41) is 6.81. The minimum atomic E-state index is -4.09. The predicted molar refractivity (Wildman–Crippen MR) is 115 cm³/mol. The highest BCUT2D eigenvalue weighted by atomic mass is 32.2. The molecule has 9 nitrogen and oxygen atoms in total. The zero-order valence-electron chi connectivity index (χ0n) is 16.6. The molecule has 0 bridgehead atoms. The fraction of sp³-hybridized carbons (Fsp3) is 0.0952. The number of benzene rings is 2. The van der Waals surface area contributed by atoms with Gasteiger partial charge >= 0.3 is 5.97 Å². The van der Waals surface area contributed by atoms with Crippen molar-refractivity contribution in [2.45, 2.75) is 11.8 Å². The molecule has 4 aromatic rings. The highest BCUT2D eigenvalue weighted by Gasteiger charge is 2.25. The van der Waals surface area contributed by atoms with E-state index in [9.17, 15) is 18.0 Å². The van der Waals surface area contributed by atoms with Gasteiger partial charge in [0.25, 0.3) is 15.6 Å². The average Bonchev–Trinajstić information content (AvgIpc) is 3.12. The topological polar surface area (TPSA) is 134 Å². The van der Waals surface area contributed by atoms with Gasteiger partial charge in [-0.1, -0.05) is 30.3 Å². The number of aromatic amines is 2. The lowest BCUT2D eigenvalue weighted by Crippen LogP contribution is -2.17. The van der Waals surface area contributed by atoms with E-state index in [1.54, 1.807) is 43.3 Å². The number of ether oxygens (including phenoxy) is 1. The number of aryl methyl sites for hydroxylation is 1. The van der Waals surface area contributed by atoms with E-state index in [1.807, 2.05) is 0 Å². The number of nitrogens with one attached hydrogen (secondary N) is 3. The van der Waals surface area contributed by atoms with Crippen molar-refractivity contribution in [2.24, 2.45) is 0 Å². The number of H-pyrrole nitrogens is 2. The van der Waals surface area contributed by atoms with Crippen molar-refractivity contribution in [3.05, 3.63) is 76.2 Å². The predicted octanol–water partition coefficient (Wildman–Crippen LogP) is 2.81. The number of sulfonamides is 1. The van der Waals surface area contributed by atoms with Crippen LogP contribution in [-0.4, -0.2) is 36.7 Å². The number of rotatable bonds is 5. The van der Waals surface area contributed by atoms with E-state index in [1.165, 1.54) is 25.3 Å². The van der Waals surface area contributed by atoms with Gasteiger partial charge in [-0.3, -0.25) is 9.52 Å². The molecule has 0 saturated carbocycles. The second-order valence-corrected chi connectivity index (χ2v) is 8.46. The Morgan fingerprint density at radius 1 is 1.10 bits per heavy atom. The van der Waals surface area contributed by atoms with Crippen LogP contribution in [0.4, 0.5) is 5.69 Å². The number of methoxy groups -OCH3 is 1. The molecule has 0 amide bonds. The first kappa shape index (κ1) is 20.4. The number of carbonyl (C=O) groups excluding carboxylic acids is 1. The van der Waals surface area contributed by atoms with Crippen LogP contribution in [0.3, 0.4) is 0 Å². The lowest BCUT2D eigenvalue weighted by Gasteiger charge is -2.12.